The number of para-hydroxylation sites is 1. The Morgan fingerprint density at radius 3 is 2.00 bits per heavy atom. The zero-order valence-electron chi connectivity index (χ0n) is 19.2. The van der Waals surface area contributed by atoms with Crippen LogP contribution in [0.1, 0.15) is 28.9 Å². The number of amides is 3. The van der Waals surface area contributed by atoms with Gasteiger partial charge >= 0.3 is 12.0 Å². The summed E-state index contributed by atoms with van der Waals surface area (Å²) in [5.41, 5.74) is 0.926. The van der Waals surface area contributed by atoms with Crippen LogP contribution in [0, 0.1) is 0 Å². The highest BCUT2D eigenvalue weighted by Gasteiger charge is 2.28. The third kappa shape index (κ3) is 6.04. The SMILES string of the molecule is CCN(c1ccccc1)S(=O)(=O)c1ccc(C(=O)O[C@H](C(=O)NC(=O)NC)c2ccccc2)cc1. The quantitative estimate of drug-likeness (QED) is 0.463. The van der Waals surface area contributed by atoms with Crippen molar-refractivity contribution in [2.24, 2.45) is 0 Å². The molecule has 0 saturated heterocycles. The molecular weight excluding hydrogens is 470 g/mol. The fraction of sp³-hybridized carbons (Fsp3) is 0.160. The molecule has 0 unspecified atom stereocenters. The van der Waals surface area contributed by atoms with Gasteiger partial charge in [0, 0.05) is 19.2 Å². The number of carbonyl (C=O) groups is 3. The summed E-state index contributed by atoms with van der Waals surface area (Å²) in [7, 11) is -2.52. The normalized spacial score (nSPS) is 11.7. The minimum atomic E-state index is -3.87. The van der Waals surface area contributed by atoms with Crippen LogP contribution in [0.3, 0.4) is 0 Å². The molecule has 3 rings (SSSR count). The van der Waals surface area contributed by atoms with Crippen LogP contribution in [0.2, 0.25) is 0 Å². The Balaban J connectivity index is 1.83. The van der Waals surface area contributed by atoms with E-state index in [9.17, 15) is 22.8 Å². The number of sulfonamides is 1. The molecule has 0 aliphatic rings. The number of rotatable bonds is 8. The van der Waals surface area contributed by atoms with Gasteiger partial charge in [0.2, 0.25) is 6.10 Å². The lowest BCUT2D eigenvalue weighted by Gasteiger charge is -2.23. The van der Waals surface area contributed by atoms with E-state index in [1.54, 1.807) is 67.6 Å². The lowest BCUT2D eigenvalue weighted by molar-refractivity contribution is -0.129. The number of benzene rings is 3. The fourth-order valence-corrected chi connectivity index (χ4v) is 4.77. The molecule has 0 radical (unpaired) electrons. The van der Waals surface area contributed by atoms with E-state index in [0.29, 0.717) is 11.3 Å². The predicted molar refractivity (Wildman–Crippen MR) is 130 cm³/mol. The number of anilines is 1. The zero-order valence-corrected chi connectivity index (χ0v) is 20.0. The molecule has 3 aromatic carbocycles. The number of carbonyl (C=O) groups excluding carboxylic acids is 3. The first-order valence-electron chi connectivity index (χ1n) is 10.7. The molecule has 3 aromatic rings. The maximum atomic E-state index is 13.1. The largest absolute Gasteiger partial charge is 0.444 e. The van der Waals surface area contributed by atoms with Gasteiger partial charge < -0.3 is 10.1 Å². The molecule has 1 atom stereocenters. The van der Waals surface area contributed by atoms with Crippen LogP contribution in [0.5, 0.6) is 0 Å². The van der Waals surface area contributed by atoms with E-state index in [1.807, 2.05) is 0 Å². The highest BCUT2D eigenvalue weighted by atomic mass is 32.2. The van der Waals surface area contributed by atoms with Crippen LogP contribution in [-0.4, -0.2) is 39.9 Å². The van der Waals surface area contributed by atoms with Crippen LogP contribution >= 0.6 is 0 Å². The molecule has 0 heterocycles. The first-order chi connectivity index (χ1) is 16.8. The Hall–Kier alpha value is -4.18. The van der Waals surface area contributed by atoms with Crippen molar-refractivity contribution in [3.05, 3.63) is 96.1 Å². The Bertz CT molecular complexity index is 1280. The number of hydrogen-bond acceptors (Lipinski definition) is 6. The van der Waals surface area contributed by atoms with Gasteiger partial charge in [-0.15, -0.1) is 0 Å². The third-order valence-electron chi connectivity index (χ3n) is 5.04. The van der Waals surface area contributed by atoms with Crippen LogP contribution in [0.15, 0.2) is 89.8 Å². The predicted octanol–water partition coefficient (Wildman–Crippen LogP) is 3.26. The van der Waals surface area contributed by atoms with E-state index in [2.05, 4.69) is 10.6 Å². The summed E-state index contributed by atoms with van der Waals surface area (Å²) in [4.78, 5) is 37.0. The van der Waals surface area contributed by atoms with Gasteiger partial charge in [0.15, 0.2) is 0 Å². The van der Waals surface area contributed by atoms with Crippen molar-refractivity contribution in [2.45, 2.75) is 17.9 Å². The summed E-state index contributed by atoms with van der Waals surface area (Å²) in [5, 5.41) is 4.36. The maximum absolute atomic E-state index is 13.1. The second-order valence-corrected chi connectivity index (χ2v) is 9.16. The van der Waals surface area contributed by atoms with Crippen molar-refractivity contribution in [3.63, 3.8) is 0 Å². The van der Waals surface area contributed by atoms with Gasteiger partial charge in [-0.3, -0.25) is 14.4 Å². The van der Waals surface area contributed by atoms with Crippen LogP contribution < -0.4 is 14.9 Å². The highest BCUT2D eigenvalue weighted by molar-refractivity contribution is 7.92. The third-order valence-corrected chi connectivity index (χ3v) is 6.96. The minimum Gasteiger partial charge on any atom is -0.444 e. The van der Waals surface area contributed by atoms with Crippen LogP contribution in [0.25, 0.3) is 0 Å². The van der Waals surface area contributed by atoms with Crippen molar-refractivity contribution >= 4 is 33.6 Å². The monoisotopic (exact) mass is 495 g/mol. The molecule has 0 aliphatic heterocycles. The zero-order chi connectivity index (χ0) is 25.4. The number of imide groups is 1. The lowest BCUT2D eigenvalue weighted by atomic mass is 10.1. The van der Waals surface area contributed by atoms with Crippen molar-refractivity contribution in [1.82, 2.24) is 10.6 Å². The summed E-state index contributed by atoms with van der Waals surface area (Å²) in [6.07, 6.45) is -1.39. The van der Waals surface area contributed by atoms with E-state index in [0.717, 1.165) is 0 Å². The van der Waals surface area contributed by atoms with Gasteiger partial charge in [0.1, 0.15) is 0 Å². The van der Waals surface area contributed by atoms with Gasteiger partial charge in [-0.2, -0.15) is 0 Å². The van der Waals surface area contributed by atoms with Gasteiger partial charge in [-0.05, 0) is 43.3 Å². The fourth-order valence-electron chi connectivity index (χ4n) is 3.29. The van der Waals surface area contributed by atoms with Crippen LogP contribution in [-0.2, 0) is 19.6 Å². The van der Waals surface area contributed by atoms with Crippen molar-refractivity contribution in [3.8, 4) is 0 Å². The average molecular weight is 496 g/mol. The van der Waals surface area contributed by atoms with Gasteiger partial charge in [-0.25, -0.2) is 18.0 Å². The first-order valence-corrected chi connectivity index (χ1v) is 12.2. The molecule has 2 N–H and O–H groups in total. The van der Waals surface area contributed by atoms with Crippen molar-refractivity contribution in [2.75, 3.05) is 17.9 Å². The molecular formula is C25H25N3O6S. The molecule has 0 bridgehead atoms. The summed E-state index contributed by atoms with van der Waals surface area (Å²) in [6, 6.07) is 21.4. The van der Waals surface area contributed by atoms with E-state index < -0.39 is 34.0 Å². The second kappa shape index (κ2) is 11.3. The Morgan fingerprint density at radius 1 is 0.886 bits per heavy atom. The molecule has 10 heteroatoms. The van der Waals surface area contributed by atoms with E-state index in [-0.39, 0.29) is 17.0 Å². The molecule has 0 aliphatic carbocycles. The average Bonchev–Trinajstić information content (AvgIpc) is 2.88. The van der Waals surface area contributed by atoms with Gasteiger partial charge in [-0.1, -0.05) is 48.5 Å². The maximum Gasteiger partial charge on any atom is 0.339 e. The summed E-state index contributed by atoms with van der Waals surface area (Å²) >= 11 is 0. The topological polar surface area (TPSA) is 122 Å². The summed E-state index contributed by atoms with van der Waals surface area (Å²) in [6.45, 7) is 1.94. The Kier molecular flexibility index (Phi) is 8.21. The van der Waals surface area contributed by atoms with E-state index in [4.69, 9.17) is 4.74 Å². The summed E-state index contributed by atoms with van der Waals surface area (Å²) < 4.78 is 33.0. The first kappa shape index (κ1) is 25.4. The van der Waals surface area contributed by atoms with Crippen LogP contribution in [0.4, 0.5) is 10.5 Å². The Morgan fingerprint density at radius 2 is 1.46 bits per heavy atom. The van der Waals surface area contributed by atoms with Crippen molar-refractivity contribution in [1.29, 1.82) is 0 Å². The lowest BCUT2D eigenvalue weighted by Crippen LogP contribution is -2.41. The number of nitrogens with one attached hydrogen (secondary N) is 2. The second-order valence-electron chi connectivity index (χ2n) is 7.29. The number of nitrogens with zero attached hydrogens (tertiary/aromatic N) is 1. The molecule has 35 heavy (non-hydrogen) atoms. The molecule has 9 nitrogen and oxygen atoms in total. The number of ether oxygens (including phenoxy) is 1. The molecule has 0 spiro atoms. The highest BCUT2D eigenvalue weighted by Crippen LogP contribution is 2.24. The van der Waals surface area contributed by atoms with Crippen molar-refractivity contribution < 1.29 is 27.5 Å². The van der Waals surface area contributed by atoms with E-state index >= 15 is 0 Å². The minimum absolute atomic E-state index is 0.00303. The number of esters is 1. The number of urea groups is 1. The molecule has 0 fully saturated rings. The van der Waals surface area contributed by atoms with E-state index in [1.165, 1.54) is 35.6 Å². The Labute approximate surface area is 203 Å². The smallest absolute Gasteiger partial charge is 0.339 e. The standard InChI is InChI=1S/C25H25N3O6S/c1-3-28(20-12-8-5-9-13-20)35(32,33)21-16-14-19(15-17-21)24(30)34-22(18-10-6-4-7-11-18)23(29)27-25(31)26-2/h4-17,22H,3H2,1-2H3,(H2,26,27,29,31)/t22-/m0/s1. The molecule has 0 saturated carbocycles. The summed E-state index contributed by atoms with van der Waals surface area (Å²) in [5.74, 6) is -1.69. The molecule has 0 aromatic heterocycles. The number of hydrogen-bond donors (Lipinski definition) is 2. The van der Waals surface area contributed by atoms with Gasteiger partial charge in [0.25, 0.3) is 15.9 Å². The van der Waals surface area contributed by atoms with Gasteiger partial charge in [0.05, 0.1) is 16.1 Å². The molecule has 3 amide bonds. The molecule has 182 valence electrons.